The summed E-state index contributed by atoms with van der Waals surface area (Å²) in [6, 6.07) is 5.94. The molecule has 18 heavy (non-hydrogen) atoms. The zero-order chi connectivity index (χ0) is 12.4. The topological polar surface area (TPSA) is 62.4 Å². The van der Waals surface area contributed by atoms with Crippen LogP contribution in [0.4, 0.5) is 16.2 Å². The first kappa shape index (κ1) is 11.3. The highest BCUT2D eigenvalue weighted by Crippen LogP contribution is 2.25. The highest BCUT2D eigenvalue weighted by Gasteiger charge is 2.18. The van der Waals surface area contributed by atoms with Crippen LogP contribution in [0.25, 0.3) is 0 Å². The molecule has 2 aliphatic rings. The molecule has 0 radical (unpaired) electrons. The van der Waals surface area contributed by atoms with Crippen LogP contribution in [0.2, 0.25) is 0 Å². The van der Waals surface area contributed by atoms with E-state index in [1.54, 1.807) is 0 Å². The minimum absolute atomic E-state index is 0.140. The van der Waals surface area contributed by atoms with Gasteiger partial charge in [0.15, 0.2) is 0 Å². The highest BCUT2D eigenvalue weighted by atomic mass is 16.5. The molecular formula is C13H17N3O2. The van der Waals surface area contributed by atoms with Gasteiger partial charge in [-0.05, 0) is 36.6 Å². The molecule has 2 heterocycles. The van der Waals surface area contributed by atoms with Gasteiger partial charge in [-0.25, -0.2) is 4.79 Å². The number of anilines is 2. The molecule has 96 valence electrons. The van der Waals surface area contributed by atoms with E-state index >= 15 is 0 Å². The number of benzene rings is 1. The lowest BCUT2D eigenvalue weighted by Gasteiger charge is -2.12. The summed E-state index contributed by atoms with van der Waals surface area (Å²) in [5, 5.41) is 9.06. The van der Waals surface area contributed by atoms with Gasteiger partial charge >= 0.3 is 6.03 Å². The number of carbonyl (C=O) groups excluding carboxylic acids is 1. The van der Waals surface area contributed by atoms with Gasteiger partial charge in [-0.1, -0.05) is 0 Å². The van der Waals surface area contributed by atoms with Crippen LogP contribution in [0.1, 0.15) is 12.0 Å². The number of ether oxygens (including phenoxy) is 1. The van der Waals surface area contributed by atoms with Crippen molar-refractivity contribution < 1.29 is 9.53 Å². The van der Waals surface area contributed by atoms with Gasteiger partial charge in [0.05, 0.1) is 12.6 Å². The van der Waals surface area contributed by atoms with E-state index in [2.05, 4.69) is 16.0 Å². The van der Waals surface area contributed by atoms with E-state index in [9.17, 15) is 4.79 Å². The Labute approximate surface area is 106 Å². The van der Waals surface area contributed by atoms with E-state index in [1.807, 2.05) is 18.2 Å². The van der Waals surface area contributed by atoms with Crippen LogP contribution < -0.4 is 16.0 Å². The van der Waals surface area contributed by atoms with Crippen molar-refractivity contribution in [1.82, 2.24) is 5.32 Å². The molecule has 0 spiro atoms. The Bertz CT molecular complexity index is 456. The lowest BCUT2D eigenvalue weighted by molar-refractivity contribution is 0.189. The van der Waals surface area contributed by atoms with Gasteiger partial charge in [0.2, 0.25) is 0 Å². The number of hydrogen-bond donors (Lipinski definition) is 3. The first-order chi connectivity index (χ1) is 8.81. The fourth-order valence-electron chi connectivity index (χ4n) is 2.38. The fraction of sp³-hybridized carbons (Fsp3) is 0.462. The van der Waals surface area contributed by atoms with Crippen LogP contribution in [0.3, 0.4) is 0 Å². The Morgan fingerprint density at radius 3 is 3.22 bits per heavy atom. The van der Waals surface area contributed by atoms with Crippen molar-refractivity contribution >= 4 is 17.4 Å². The van der Waals surface area contributed by atoms with Crippen molar-refractivity contribution in [2.45, 2.75) is 18.9 Å². The molecule has 2 amide bonds. The van der Waals surface area contributed by atoms with Crippen molar-refractivity contribution in [2.75, 3.05) is 30.4 Å². The third kappa shape index (κ3) is 2.41. The van der Waals surface area contributed by atoms with Crippen molar-refractivity contribution in [2.24, 2.45) is 0 Å². The number of carbonyl (C=O) groups is 1. The maximum Gasteiger partial charge on any atom is 0.319 e. The molecule has 1 atom stereocenters. The molecule has 1 saturated heterocycles. The summed E-state index contributed by atoms with van der Waals surface area (Å²) in [4.78, 5) is 11.8. The molecule has 1 fully saturated rings. The number of hydrogen-bond acceptors (Lipinski definition) is 3. The van der Waals surface area contributed by atoms with E-state index in [1.165, 1.54) is 11.3 Å². The van der Waals surface area contributed by atoms with E-state index in [4.69, 9.17) is 4.74 Å². The predicted octanol–water partition coefficient (Wildman–Crippen LogP) is 1.56. The van der Waals surface area contributed by atoms with Crippen molar-refractivity contribution in [3.05, 3.63) is 23.8 Å². The largest absolute Gasteiger partial charge is 0.384 e. The molecule has 1 aromatic rings. The van der Waals surface area contributed by atoms with Gasteiger partial charge in [-0.2, -0.15) is 0 Å². The number of fused-ring (bicyclic) bond motifs is 1. The molecular weight excluding hydrogens is 230 g/mol. The summed E-state index contributed by atoms with van der Waals surface area (Å²) in [5.74, 6) is 0. The van der Waals surface area contributed by atoms with Crippen molar-refractivity contribution in [3.8, 4) is 0 Å². The Morgan fingerprint density at radius 1 is 1.44 bits per heavy atom. The van der Waals surface area contributed by atoms with Gasteiger partial charge in [0.1, 0.15) is 0 Å². The second-order valence-electron chi connectivity index (χ2n) is 4.71. The summed E-state index contributed by atoms with van der Waals surface area (Å²) < 4.78 is 5.22. The zero-order valence-electron chi connectivity index (χ0n) is 10.2. The maximum absolute atomic E-state index is 11.8. The van der Waals surface area contributed by atoms with Crippen LogP contribution in [-0.2, 0) is 11.2 Å². The summed E-state index contributed by atoms with van der Waals surface area (Å²) in [6.07, 6.45) is 1.91. The summed E-state index contributed by atoms with van der Waals surface area (Å²) in [7, 11) is 0. The number of amides is 2. The standard InChI is InChI=1S/C13H17N3O2/c17-13(16-11-4-6-18-8-11)15-10-1-2-12-9(7-10)3-5-14-12/h1-2,7,11,14H,3-6,8H2,(H2,15,16,17). The summed E-state index contributed by atoms with van der Waals surface area (Å²) >= 11 is 0. The first-order valence-corrected chi connectivity index (χ1v) is 6.33. The second kappa shape index (κ2) is 4.86. The highest BCUT2D eigenvalue weighted by molar-refractivity contribution is 5.90. The monoisotopic (exact) mass is 247 g/mol. The lowest BCUT2D eigenvalue weighted by Crippen LogP contribution is -2.38. The molecule has 5 heteroatoms. The van der Waals surface area contributed by atoms with Gasteiger partial charge in [-0.15, -0.1) is 0 Å². The Kier molecular flexibility index (Phi) is 3.06. The molecule has 3 rings (SSSR count). The molecule has 5 nitrogen and oxygen atoms in total. The second-order valence-corrected chi connectivity index (χ2v) is 4.71. The van der Waals surface area contributed by atoms with Crippen LogP contribution in [0.5, 0.6) is 0 Å². The minimum Gasteiger partial charge on any atom is -0.384 e. The third-order valence-electron chi connectivity index (χ3n) is 3.34. The molecule has 0 bridgehead atoms. The Hall–Kier alpha value is -1.75. The number of nitrogens with one attached hydrogen (secondary N) is 3. The van der Waals surface area contributed by atoms with Crippen LogP contribution in [0.15, 0.2) is 18.2 Å². The van der Waals surface area contributed by atoms with Crippen molar-refractivity contribution in [1.29, 1.82) is 0 Å². The van der Waals surface area contributed by atoms with Crippen LogP contribution in [0, 0.1) is 0 Å². The zero-order valence-corrected chi connectivity index (χ0v) is 10.2. The number of rotatable bonds is 2. The molecule has 1 unspecified atom stereocenters. The minimum atomic E-state index is -0.156. The molecule has 0 saturated carbocycles. The SMILES string of the molecule is O=C(Nc1ccc2c(c1)CCN2)NC1CCOC1. The molecule has 2 aliphatic heterocycles. The van der Waals surface area contributed by atoms with E-state index in [0.717, 1.165) is 31.7 Å². The van der Waals surface area contributed by atoms with Crippen LogP contribution in [-0.4, -0.2) is 31.8 Å². The van der Waals surface area contributed by atoms with E-state index < -0.39 is 0 Å². The van der Waals surface area contributed by atoms with Gasteiger partial charge in [0.25, 0.3) is 0 Å². The van der Waals surface area contributed by atoms with E-state index in [0.29, 0.717) is 6.61 Å². The number of urea groups is 1. The molecule has 0 aliphatic carbocycles. The Balaban J connectivity index is 1.60. The average molecular weight is 247 g/mol. The Morgan fingerprint density at radius 2 is 2.39 bits per heavy atom. The molecule has 1 aromatic carbocycles. The molecule has 3 N–H and O–H groups in total. The third-order valence-corrected chi connectivity index (χ3v) is 3.34. The quantitative estimate of drug-likeness (QED) is 0.743. The van der Waals surface area contributed by atoms with Gasteiger partial charge < -0.3 is 20.7 Å². The van der Waals surface area contributed by atoms with Gasteiger partial charge in [0, 0.05) is 24.5 Å². The molecule has 0 aromatic heterocycles. The average Bonchev–Trinajstić information content (AvgIpc) is 2.98. The lowest BCUT2D eigenvalue weighted by atomic mass is 10.1. The van der Waals surface area contributed by atoms with Crippen LogP contribution >= 0.6 is 0 Å². The smallest absolute Gasteiger partial charge is 0.319 e. The first-order valence-electron chi connectivity index (χ1n) is 6.33. The van der Waals surface area contributed by atoms with E-state index in [-0.39, 0.29) is 12.1 Å². The van der Waals surface area contributed by atoms with Gasteiger partial charge in [-0.3, -0.25) is 0 Å². The fourth-order valence-corrected chi connectivity index (χ4v) is 2.38. The summed E-state index contributed by atoms with van der Waals surface area (Å²) in [5.41, 5.74) is 3.27. The summed E-state index contributed by atoms with van der Waals surface area (Å²) in [6.45, 7) is 2.32. The normalized spacial score (nSPS) is 21.2. The maximum atomic E-state index is 11.8. The predicted molar refractivity (Wildman–Crippen MR) is 70.0 cm³/mol. The van der Waals surface area contributed by atoms with Crippen molar-refractivity contribution in [3.63, 3.8) is 0 Å².